The predicted molar refractivity (Wildman–Crippen MR) is 120 cm³/mol. The van der Waals surface area contributed by atoms with Gasteiger partial charge in [0.15, 0.2) is 0 Å². The third-order valence-corrected chi connectivity index (χ3v) is 8.30. The topological polar surface area (TPSA) is 60.9 Å². The van der Waals surface area contributed by atoms with Gasteiger partial charge in [-0.15, -0.1) is 11.3 Å². The van der Waals surface area contributed by atoms with Crippen LogP contribution in [0.3, 0.4) is 0 Å². The van der Waals surface area contributed by atoms with E-state index >= 15 is 0 Å². The number of nitrogens with zero attached hydrogens (tertiary/aromatic N) is 3. The molecule has 1 unspecified atom stereocenters. The number of sulfonamides is 1. The molecule has 0 N–H and O–H groups in total. The Morgan fingerprint density at radius 2 is 1.80 bits per heavy atom. The van der Waals surface area contributed by atoms with Gasteiger partial charge in [-0.2, -0.15) is 4.31 Å². The minimum Gasteiger partial charge on any atom is -0.339 e. The van der Waals surface area contributed by atoms with Crippen molar-refractivity contribution in [3.63, 3.8) is 0 Å². The van der Waals surface area contributed by atoms with Crippen molar-refractivity contribution in [2.75, 3.05) is 39.3 Å². The molecule has 1 atom stereocenters. The Morgan fingerprint density at radius 3 is 2.50 bits per heavy atom. The van der Waals surface area contributed by atoms with Crippen LogP contribution in [-0.2, 0) is 14.8 Å². The van der Waals surface area contributed by atoms with Crippen LogP contribution in [0.2, 0.25) is 0 Å². The summed E-state index contributed by atoms with van der Waals surface area (Å²) in [5, 5.41) is 3.34. The number of piperazine rings is 1. The van der Waals surface area contributed by atoms with Gasteiger partial charge >= 0.3 is 0 Å². The van der Waals surface area contributed by atoms with Crippen molar-refractivity contribution < 1.29 is 13.2 Å². The first-order chi connectivity index (χ1) is 14.5. The molecule has 4 rings (SSSR count). The summed E-state index contributed by atoms with van der Waals surface area (Å²) >= 11 is 1.75. The van der Waals surface area contributed by atoms with E-state index in [1.807, 2.05) is 30.3 Å². The van der Waals surface area contributed by atoms with Crippen molar-refractivity contribution in [2.24, 2.45) is 0 Å². The normalized spacial score (nSPS) is 21.5. The van der Waals surface area contributed by atoms with Gasteiger partial charge in [0.2, 0.25) is 15.9 Å². The van der Waals surface area contributed by atoms with E-state index in [0.29, 0.717) is 38.8 Å². The summed E-state index contributed by atoms with van der Waals surface area (Å²) in [6.07, 6.45) is 3.81. The Bertz CT molecular complexity index is 966. The molecule has 30 heavy (non-hydrogen) atoms. The highest BCUT2D eigenvalue weighted by molar-refractivity contribution is 7.92. The molecule has 2 fully saturated rings. The van der Waals surface area contributed by atoms with E-state index in [9.17, 15) is 13.2 Å². The van der Waals surface area contributed by atoms with E-state index in [-0.39, 0.29) is 5.91 Å². The second kappa shape index (κ2) is 9.43. The highest BCUT2D eigenvalue weighted by atomic mass is 32.2. The number of rotatable bonds is 6. The maximum atomic E-state index is 12.8. The number of hydrogen-bond donors (Lipinski definition) is 0. The zero-order valence-electron chi connectivity index (χ0n) is 16.9. The first-order valence-electron chi connectivity index (χ1n) is 10.3. The van der Waals surface area contributed by atoms with Crippen LogP contribution in [-0.4, -0.2) is 67.7 Å². The first kappa shape index (κ1) is 21.2. The predicted octanol–water partition coefficient (Wildman–Crippen LogP) is 3.03. The Labute approximate surface area is 182 Å². The fourth-order valence-electron chi connectivity index (χ4n) is 4.10. The maximum absolute atomic E-state index is 12.8. The Balaban J connectivity index is 1.30. The summed E-state index contributed by atoms with van der Waals surface area (Å²) in [5.74, 6) is 0.0929. The number of thiophene rings is 1. The van der Waals surface area contributed by atoms with Gasteiger partial charge in [0, 0.05) is 42.5 Å². The fourth-order valence-corrected chi connectivity index (χ4v) is 6.17. The fraction of sp³-hybridized carbons (Fsp3) is 0.409. The van der Waals surface area contributed by atoms with Gasteiger partial charge in [-0.3, -0.25) is 9.69 Å². The quantitative estimate of drug-likeness (QED) is 0.686. The lowest BCUT2D eigenvalue weighted by Crippen LogP contribution is -2.52. The number of carbonyl (C=O) groups excluding carboxylic acids is 1. The van der Waals surface area contributed by atoms with Crippen molar-refractivity contribution in [3.8, 4) is 0 Å². The van der Waals surface area contributed by atoms with E-state index < -0.39 is 10.0 Å². The highest BCUT2D eigenvalue weighted by Gasteiger charge is 2.32. The number of likely N-dealkylation sites (tertiary alicyclic amines) is 1. The zero-order chi connectivity index (χ0) is 21.0. The van der Waals surface area contributed by atoms with Gasteiger partial charge in [-0.25, -0.2) is 8.42 Å². The Kier molecular flexibility index (Phi) is 6.67. The molecular weight excluding hydrogens is 418 g/mol. The van der Waals surface area contributed by atoms with Crippen molar-refractivity contribution in [1.82, 2.24) is 14.1 Å². The van der Waals surface area contributed by atoms with E-state index in [1.165, 1.54) is 14.6 Å². The van der Waals surface area contributed by atoms with Crippen molar-refractivity contribution in [1.29, 1.82) is 0 Å². The van der Waals surface area contributed by atoms with Crippen LogP contribution in [0.5, 0.6) is 0 Å². The van der Waals surface area contributed by atoms with Crippen LogP contribution >= 0.6 is 11.3 Å². The lowest BCUT2D eigenvalue weighted by atomic mass is 10.2. The molecule has 3 heterocycles. The number of carbonyl (C=O) groups is 1. The van der Waals surface area contributed by atoms with Gasteiger partial charge in [-0.1, -0.05) is 36.4 Å². The largest absolute Gasteiger partial charge is 0.339 e. The summed E-state index contributed by atoms with van der Waals surface area (Å²) in [5.41, 5.74) is 0.848. The van der Waals surface area contributed by atoms with Gasteiger partial charge in [0.05, 0.1) is 6.54 Å². The van der Waals surface area contributed by atoms with Crippen LogP contribution in [0, 0.1) is 0 Å². The summed E-state index contributed by atoms with van der Waals surface area (Å²) in [4.78, 5) is 18.2. The summed E-state index contributed by atoms with van der Waals surface area (Å²) in [7, 11) is -3.49. The molecule has 2 saturated heterocycles. The van der Waals surface area contributed by atoms with E-state index in [4.69, 9.17) is 0 Å². The molecule has 2 aromatic rings. The maximum Gasteiger partial charge on any atom is 0.236 e. The molecule has 1 aromatic heterocycles. The van der Waals surface area contributed by atoms with Crippen LogP contribution < -0.4 is 0 Å². The van der Waals surface area contributed by atoms with Gasteiger partial charge in [0.1, 0.15) is 0 Å². The minimum atomic E-state index is -3.49. The monoisotopic (exact) mass is 445 g/mol. The van der Waals surface area contributed by atoms with Crippen molar-refractivity contribution in [2.45, 2.75) is 18.9 Å². The molecule has 0 bridgehead atoms. The van der Waals surface area contributed by atoms with Gasteiger partial charge < -0.3 is 4.90 Å². The molecule has 2 aliphatic rings. The SMILES string of the molecule is O=C(CN1CCCC1c1cccs1)N1CCN(S(=O)(=O)C=Cc2ccccc2)CC1. The van der Waals surface area contributed by atoms with Crippen molar-refractivity contribution in [3.05, 3.63) is 63.7 Å². The van der Waals surface area contributed by atoms with Gasteiger partial charge in [-0.05, 0) is 42.5 Å². The van der Waals surface area contributed by atoms with E-state index in [2.05, 4.69) is 22.4 Å². The molecule has 160 valence electrons. The first-order valence-corrected chi connectivity index (χ1v) is 12.7. The number of benzene rings is 1. The molecule has 6 nitrogen and oxygen atoms in total. The van der Waals surface area contributed by atoms with Crippen LogP contribution in [0.25, 0.3) is 6.08 Å². The summed E-state index contributed by atoms with van der Waals surface area (Å²) < 4.78 is 26.7. The minimum absolute atomic E-state index is 0.0929. The molecule has 8 heteroatoms. The molecule has 0 aliphatic carbocycles. The van der Waals surface area contributed by atoms with Gasteiger partial charge in [0.25, 0.3) is 0 Å². The molecule has 0 saturated carbocycles. The number of amides is 1. The average Bonchev–Trinajstić information content (AvgIpc) is 3.45. The third-order valence-electron chi connectivity index (χ3n) is 5.76. The van der Waals surface area contributed by atoms with E-state index in [1.54, 1.807) is 22.3 Å². The molecule has 0 spiro atoms. The molecule has 0 radical (unpaired) electrons. The van der Waals surface area contributed by atoms with Crippen LogP contribution in [0.4, 0.5) is 0 Å². The average molecular weight is 446 g/mol. The summed E-state index contributed by atoms with van der Waals surface area (Å²) in [6, 6.07) is 13.9. The molecular formula is C22H27N3O3S2. The second-order valence-corrected chi connectivity index (χ2v) is 10.5. The molecule has 1 aromatic carbocycles. The zero-order valence-corrected chi connectivity index (χ0v) is 18.5. The molecule has 1 amide bonds. The van der Waals surface area contributed by atoms with Crippen LogP contribution in [0.15, 0.2) is 53.3 Å². The lowest BCUT2D eigenvalue weighted by Gasteiger charge is -2.35. The lowest BCUT2D eigenvalue weighted by molar-refractivity contribution is -0.133. The molecule has 2 aliphatic heterocycles. The summed E-state index contributed by atoms with van der Waals surface area (Å²) in [6.45, 7) is 2.89. The van der Waals surface area contributed by atoms with Crippen molar-refractivity contribution >= 4 is 33.3 Å². The van der Waals surface area contributed by atoms with Crippen LogP contribution in [0.1, 0.15) is 29.3 Å². The Morgan fingerprint density at radius 1 is 1.03 bits per heavy atom. The smallest absolute Gasteiger partial charge is 0.236 e. The second-order valence-electron chi connectivity index (χ2n) is 7.68. The Hall–Kier alpha value is -2.00. The van der Waals surface area contributed by atoms with E-state index in [0.717, 1.165) is 24.9 Å². The standard InChI is InChI=1S/C22H27N3O3S2/c26-22(18-24-11-4-8-20(24)21-9-5-16-29-21)23-12-14-25(15-13-23)30(27,28)17-10-19-6-2-1-3-7-19/h1-3,5-7,9-10,16-17,20H,4,8,11-15,18H2. The third kappa shape index (κ3) is 5.00. The highest BCUT2D eigenvalue weighted by Crippen LogP contribution is 2.34. The number of hydrogen-bond acceptors (Lipinski definition) is 5.